The van der Waals surface area contributed by atoms with E-state index >= 15 is 0 Å². The predicted molar refractivity (Wildman–Crippen MR) is 130 cm³/mol. The lowest BCUT2D eigenvalue weighted by Gasteiger charge is -2.33. The Labute approximate surface area is 199 Å². The third kappa shape index (κ3) is 5.52. The number of aromatic carboxylic acids is 1. The number of ether oxygens (including phenoxy) is 2. The van der Waals surface area contributed by atoms with Gasteiger partial charge in [0.05, 0.1) is 7.11 Å². The number of hydrogen-bond donors (Lipinski definition) is 1. The lowest BCUT2D eigenvalue weighted by atomic mass is 9.86. The van der Waals surface area contributed by atoms with E-state index in [1.807, 2.05) is 44.2 Å². The molecule has 2 aromatic rings. The Morgan fingerprint density at radius 2 is 1.85 bits per heavy atom. The van der Waals surface area contributed by atoms with Crippen LogP contribution >= 0.6 is 0 Å². The first-order chi connectivity index (χ1) is 16.2. The van der Waals surface area contributed by atoms with Crippen LogP contribution in [-0.4, -0.2) is 35.4 Å². The summed E-state index contributed by atoms with van der Waals surface area (Å²) in [6.07, 6.45) is 7.30. The van der Waals surface area contributed by atoms with Crippen LogP contribution in [0.25, 0.3) is 0 Å². The third-order valence-electron chi connectivity index (χ3n) is 5.73. The molecule has 0 saturated carbocycles. The monoisotopic (exact) mass is 460 g/mol. The van der Waals surface area contributed by atoms with Crippen molar-refractivity contribution in [3.05, 3.63) is 95.6 Å². The zero-order valence-electron chi connectivity index (χ0n) is 19.5. The number of methoxy groups -OCH3 is 1. The van der Waals surface area contributed by atoms with E-state index in [1.54, 1.807) is 12.1 Å². The van der Waals surface area contributed by atoms with Crippen molar-refractivity contribution in [1.29, 1.82) is 0 Å². The number of hydrogen-bond acceptors (Lipinski definition) is 5. The van der Waals surface area contributed by atoms with Gasteiger partial charge in [0, 0.05) is 17.1 Å². The fourth-order valence-electron chi connectivity index (χ4n) is 3.99. The van der Waals surface area contributed by atoms with Gasteiger partial charge in [-0.05, 0) is 62.6 Å². The molecule has 0 bridgehead atoms. The Kier molecular flexibility index (Phi) is 7.51. The van der Waals surface area contributed by atoms with E-state index in [-0.39, 0.29) is 28.6 Å². The summed E-state index contributed by atoms with van der Waals surface area (Å²) in [6, 6.07) is 12.8. The van der Waals surface area contributed by atoms with Crippen LogP contribution in [0.2, 0.25) is 0 Å². The van der Waals surface area contributed by atoms with Crippen molar-refractivity contribution in [1.82, 2.24) is 0 Å². The molecule has 176 valence electrons. The quantitative estimate of drug-likeness (QED) is 0.494. The van der Waals surface area contributed by atoms with E-state index in [1.165, 1.54) is 31.4 Å². The van der Waals surface area contributed by atoms with Crippen molar-refractivity contribution in [2.24, 2.45) is 0 Å². The number of allylic oxidation sites excluding steroid dienone is 5. The van der Waals surface area contributed by atoms with Crippen molar-refractivity contribution in [2.75, 3.05) is 7.11 Å². The van der Waals surface area contributed by atoms with Crippen LogP contribution in [0, 0.1) is 0 Å². The molecule has 1 aliphatic carbocycles. The van der Waals surface area contributed by atoms with Gasteiger partial charge in [0.1, 0.15) is 22.7 Å². The minimum atomic E-state index is -0.977. The van der Waals surface area contributed by atoms with E-state index in [9.17, 15) is 14.4 Å². The van der Waals surface area contributed by atoms with E-state index in [2.05, 4.69) is 6.58 Å². The lowest BCUT2D eigenvalue weighted by molar-refractivity contribution is -0.114. The van der Waals surface area contributed by atoms with Crippen LogP contribution in [0.4, 0.5) is 0 Å². The topological polar surface area (TPSA) is 89.9 Å². The van der Waals surface area contributed by atoms with Crippen LogP contribution in [0.5, 0.6) is 11.5 Å². The first kappa shape index (κ1) is 24.7. The molecule has 1 N–H and O–H groups in total. The summed E-state index contributed by atoms with van der Waals surface area (Å²) in [5.74, 6) is -0.332. The van der Waals surface area contributed by atoms with Gasteiger partial charge in [-0.1, -0.05) is 36.4 Å². The molecule has 1 atom stereocenters. The van der Waals surface area contributed by atoms with Gasteiger partial charge in [0.25, 0.3) is 0 Å². The molecule has 1 unspecified atom stereocenters. The van der Waals surface area contributed by atoms with E-state index in [4.69, 9.17) is 14.6 Å². The second-order valence-electron chi connectivity index (χ2n) is 8.61. The molecule has 0 amide bonds. The molecule has 4 rings (SSSR count). The Morgan fingerprint density at radius 1 is 1.15 bits per heavy atom. The molecule has 6 heteroatoms. The Balaban J connectivity index is 0.000000191. The highest BCUT2D eigenvalue weighted by molar-refractivity contribution is 6.18. The van der Waals surface area contributed by atoms with Gasteiger partial charge < -0.3 is 14.6 Å². The molecule has 34 heavy (non-hydrogen) atoms. The maximum absolute atomic E-state index is 11.8. The molecule has 0 fully saturated rings. The van der Waals surface area contributed by atoms with Crippen LogP contribution in [0.1, 0.15) is 47.7 Å². The molecule has 1 heterocycles. The van der Waals surface area contributed by atoms with Gasteiger partial charge in [-0.15, -0.1) is 6.58 Å². The Bertz CT molecular complexity index is 1170. The van der Waals surface area contributed by atoms with Crippen LogP contribution < -0.4 is 9.47 Å². The van der Waals surface area contributed by atoms with Gasteiger partial charge in [0.2, 0.25) is 0 Å². The number of benzene rings is 2. The van der Waals surface area contributed by atoms with E-state index in [0.29, 0.717) is 11.3 Å². The normalized spacial score (nSPS) is 16.7. The molecule has 0 aromatic heterocycles. The lowest BCUT2D eigenvalue weighted by Crippen LogP contribution is -2.32. The zero-order chi connectivity index (χ0) is 24.9. The predicted octanol–water partition coefficient (Wildman–Crippen LogP) is 5.09. The minimum absolute atomic E-state index is 0.127. The van der Waals surface area contributed by atoms with Gasteiger partial charge in [0.15, 0.2) is 11.6 Å². The molecule has 0 radical (unpaired) electrons. The number of fused-ring (bicyclic) bond motifs is 1. The first-order valence-corrected chi connectivity index (χ1v) is 10.9. The smallest absolute Gasteiger partial charge is 0.339 e. The number of rotatable bonds is 5. The van der Waals surface area contributed by atoms with Crippen molar-refractivity contribution >= 4 is 17.5 Å². The second kappa shape index (κ2) is 10.3. The van der Waals surface area contributed by atoms with E-state index in [0.717, 1.165) is 29.7 Å². The number of carboxylic acids is 1. The van der Waals surface area contributed by atoms with Crippen molar-refractivity contribution < 1.29 is 29.0 Å². The van der Waals surface area contributed by atoms with Gasteiger partial charge in [-0.25, -0.2) is 4.79 Å². The SMILES string of the molecule is C=CC(C1=CC(=O)C=CC1=O)c1ccccc1.COc1c(C(=O)O)ccc2c1CCC(C)(C)O2. The Morgan fingerprint density at radius 3 is 2.47 bits per heavy atom. The summed E-state index contributed by atoms with van der Waals surface area (Å²) in [6.45, 7) is 7.79. The number of carbonyl (C=O) groups is 3. The van der Waals surface area contributed by atoms with Crippen molar-refractivity contribution in [2.45, 2.75) is 38.2 Å². The van der Waals surface area contributed by atoms with Crippen LogP contribution in [0.3, 0.4) is 0 Å². The maximum Gasteiger partial charge on any atom is 0.339 e. The number of carbonyl (C=O) groups excluding carboxylic acids is 2. The largest absolute Gasteiger partial charge is 0.495 e. The summed E-state index contributed by atoms with van der Waals surface area (Å²) in [7, 11) is 1.49. The highest BCUT2D eigenvalue weighted by Gasteiger charge is 2.30. The molecule has 2 aromatic carbocycles. The molecule has 6 nitrogen and oxygen atoms in total. The highest BCUT2D eigenvalue weighted by Crippen LogP contribution is 2.40. The highest BCUT2D eigenvalue weighted by atomic mass is 16.5. The van der Waals surface area contributed by atoms with Gasteiger partial charge in [-0.3, -0.25) is 9.59 Å². The molecule has 1 aliphatic heterocycles. The average Bonchev–Trinajstić information content (AvgIpc) is 2.81. The molecule has 0 spiro atoms. The third-order valence-corrected chi connectivity index (χ3v) is 5.73. The second-order valence-corrected chi connectivity index (χ2v) is 8.61. The van der Waals surface area contributed by atoms with E-state index < -0.39 is 5.97 Å². The van der Waals surface area contributed by atoms with Crippen molar-refractivity contribution in [3.63, 3.8) is 0 Å². The average molecular weight is 461 g/mol. The van der Waals surface area contributed by atoms with Crippen LogP contribution in [-0.2, 0) is 16.0 Å². The minimum Gasteiger partial charge on any atom is -0.495 e. The zero-order valence-corrected chi connectivity index (χ0v) is 19.5. The fraction of sp³-hybridized carbons (Fsp3) is 0.250. The van der Waals surface area contributed by atoms with Crippen molar-refractivity contribution in [3.8, 4) is 11.5 Å². The van der Waals surface area contributed by atoms with Crippen LogP contribution in [0.15, 0.2) is 78.9 Å². The first-order valence-electron chi connectivity index (χ1n) is 10.9. The Hall–Kier alpha value is -3.93. The molecule has 0 saturated heterocycles. The molecule has 2 aliphatic rings. The number of carboxylic acid groups (broad SMARTS) is 1. The summed E-state index contributed by atoms with van der Waals surface area (Å²) >= 11 is 0. The fourth-order valence-corrected chi connectivity index (χ4v) is 3.99. The summed E-state index contributed by atoms with van der Waals surface area (Å²) in [5, 5.41) is 9.08. The maximum atomic E-state index is 11.8. The number of ketones is 2. The summed E-state index contributed by atoms with van der Waals surface area (Å²) in [4.78, 5) is 34.2. The standard InChI is InChI=1S/C15H12O2.C13H16O4/c1-2-13(11-6-4-3-5-7-11)14-10-12(16)8-9-15(14)17;1-13(2)7-6-8-10(17-13)5-4-9(12(14)15)11(8)16-3/h2-10,13H,1H2;4-5H,6-7H2,1-3H3,(H,14,15). The summed E-state index contributed by atoms with van der Waals surface area (Å²) < 4.78 is 11.0. The van der Waals surface area contributed by atoms with Gasteiger partial charge in [-0.2, -0.15) is 0 Å². The molecular formula is C28H28O6. The van der Waals surface area contributed by atoms with Gasteiger partial charge >= 0.3 is 5.97 Å². The molecular weight excluding hydrogens is 432 g/mol. The summed E-state index contributed by atoms with van der Waals surface area (Å²) in [5.41, 5.74) is 2.29.